The van der Waals surface area contributed by atoms with Crippen molar-refractivity contribution in [2.45, 2.75) is 37.2 Å². The zero-order valence-electron chi connectivity index (χ0n) is 19.0. The number of ether oxygens (including phenoxy) is 1. The van der Waals surface area contributed by atoms with Gasteiger partial charge in [0.1, 0.15) is 18.4 Å². The van der Waals surface area contributed by atoms with Crippen LogP contribution in [0.3, 0.4) is 0 Å². The van der Waals surface area contributed by atoms with Gasteiger partial charge in [0.25, 0.3) is 11.6 Å². The monoisotopic (exact) mass is 536 g/mol. The summed E-state index contributed by atoms with van der Waals surface area (Å²) in [4.78, 5) is 40.1. The second-order valence-electron chi connectivity index (χ2n) is 7.86. The third kappa shape index (κ3) is 5.05. The minimum absolute atomic E-state index is 0.0783. The second-order valence-corrected chi connectivity index (χ2v) is 10.8. The van der Waals surface area contributed by atoms with Gasteiger partial charge in [-0.2, -0.15) is 9.30 Å². The van der Waals surface area contributed by atoms with Gasteiger partial charge in [0.15, 0.2) is 4.80 Å². The van der Waals surface area contributed by atoms with Gasteiger partial charge >= 0.3 is 5.97 Å². The fourth-order valence-electron chi connectivity index (χ4n) is 3.93. The lowest BCUT2D eigenvalue weighted by molar-refractivity contribution is -0.384. The number of esters is 1. The average Bonchev–Trinajstić information content (AvgIpc) is 3.45. The lowest BCUT2D eigenvalue weighted by Gasteiger charge is -2.21. The highest BCUT2D eigenvalue weighted by molar-refractivity contribution is 7.89. The molecule has 14 heteroatoms. The molecule has 1 aliphatic rings. The molecule has 1 amide bonds. The molecule has 0 radical (unpaired) electrons. The molecule has 1 unspecified atom stereocenters. The first-order chi connectivity index (χ1) is 17.1. The minimum atomic E-state index is -4.08. The van der Waals surface area contributed by atoms with Gasteiger partial charge in [-0.05, 0) is 50.1 Å². The fourth-order valence-corrected chi connectivity index (χ4v) is 6.65. The van der Waals surface area contributed by atoms with Gasteiger partial charge in [0, 0.05) is 18.7 Å². The summed E-state index contributed by atoms with van der Waals surface area (Å²) in [6, 6.07) is 7.27. The summed E-state index contributed by atoms with van der Waals surface area (Å²) in [6.45, 7) is 1.58. The summed E-state index contributed by atoms with van der Waals surface area (Å²) in [7, 11) is -4.08. The molecule has 1 aromatic heterocycles. The first kappa shape index (κ1) is 25.6. The van der Waals surface area contributed by atoms with Crippen LogP contribution in [0, 0.1) is 15.9 Å². The zero-order valence-corrected chi connectivity index (χ0v) is 20.6. The van der Waals surface area contributed by atoms with Crippen molar-refractivity contribution in [3.63, 3.8) is 0 Å². The molecule has 1 saturated heterocycles. The molecule has 0 aliphatic carbocycles. The van der Waals surface area contributed by atoms with E-state index in [1.807, 2.05) is 0 Å². The van der Waals surface area contributed by atoms with E-state index in [4.69, 9.17) is 4.74 Å². The lowest BCUT2D eigenvalue weighted by atomic mass is 10.2. The number of thiazole rings is 1. The van der Waals surface area contributed by atoms with E-state index in [9.17, 15) is 32.5 Å². The number of non-ortho nitro benzene ring substituents is 1. The number of carbonyl (C=O) groups excluding carboxylic acids is 2. The van der Waals surface area contributed by atoms with Gasteiger partial charge in [0.05, 0.1) is 26.6 Å². The third-order valence-corrected chi connectivity index (χ3v) is 8.55. The Morgan fingerprint density at radius 1 is 1.25 bits per heavy atom. The number of nitro benzene ring substituents is 1. The zero-order chi connectivity index (χ0) is 26.0. The number of rotatable bonds is 7. The topological polar surface area (TPSA) is 141 Å². The Labute approximate surface area is 208 Å². The van der Waals surface area contributed by atoms with E-state index < -0.39 is 38.7 Å². The van der Waals surface area contributed by atoms with Crippen LogP contribution in [0.5, 0.6) is 0 Å². The first-order valence-corrected chi connectivity index (χ1v) is 13.2. The molecule has 2 heterocycles. The molecule has 3 aromatic rings. The number of carbonyl (C=O) groups is 2. The summed E-state index contributed by atoms with van der Waals surface area (Å²) < 4.78 is 47.4. The van der Waals surface area contributed by atoms with Crippen LogP contribution >= 0.6 is 11.3 Å². The Morgan fingerprint density at radius 2 is 1.97 bits per heavy atom. The van der Waals surface area contributed by atoms with Crippen molar-refractivity contribution in [3.05, 3.63) is 63.2 Å². The lowest BCUT2D eigenvalue weighted by Crippen LogP contribution is -2.40. The van der Waals surface area contributed by atoms with Crippen LogP contribution in [-0.4, -0.2) is 53.3 Å². The van der Waals surface area contributed by atoms with Gasteiger partial charge in [-0.15, -0.1) is 0 Å². The molecule has 0 spiro atoms. The summed E-state index contributed by atoms with van der Waals surface area (Å²) in [5, 5.41) is 11.2. The molecule has 1 atom stereocenters. The second kappa shape index (κ2) is 10.2. The number of nitro groups is 1. The van der Waals surface area contributed by atoms with E-state index >= 15 is 0 Å². The van der Waals surface area contributed by atoms with Crippen molar-refractivity contribution >= 4 is 49.1 Å². The average molecular weight is 537 g/mol. The van der Waals surface area contributed by atoms with Crippen LogP contribution in [0.15, 0.2) is 52.4 Å². The predicted octanol–water partition coefficient (Wildman–Crippen LogP) is 2.59. The Kier molecular flexibility index (Phi) is 7.28. The van der Waals surface area contributed by atoms with Crippen LogP contribution in [-0.2, 0) is 30.9 Å². The van der Waals surface area contributed by atoms with Crippen LogP contribution in [0.25, 0.3) is 10.2 Å². The van der Waals surface area contributed by atoms with Crippen LogP contribution in [0.1, 0.15) is 19.8 Å². The summed E-state index contributed by atoms with van der Waals surface area (Å²) >= 11 is 0.963. The van der Waals surface area contributed by atoms with E-state index in [0.29, 0.717) is 16.6 Å². The van der Waals surface area contributed by atoms with Crippen molar-refractivity contribution in [2.24, 2.45) is 4.99 Å². The number of aromatic nitrogens is 1. The van der Waals surface area contributed by atoms with Gasteiger partial charge < -0.3 is 9.30 Å². The molecular formula is C22H21FN4O7S2. The van der Waals surface area contributed by atoms with Crippen LogP contribution in [0.2, 0.25) is 0 Å². The van der Waals surface area contributed by atoms with Crippen molar-refractivity contribution in [3.8, 4) is 0 Å². The van der Waals surface area contributed by atoms with E-state index in [1.165, 1.54) is 22.8 Å². The number of halogens is 1. The molecule has 36 heavy (non-hydrogen) atoms. The Bertz CT molecular complexity index is 1510. The Hall–Kier alpha value is -3.49. The standard InChI is InChI=1S/C22H21FN4O7S2/c1-2-34-20(28)13-25-17-10-7-15(27(30)31)12-19(17)35-22(25)24-21(29)18-4-3-11-26(18)36(32,33)16-8-5-14(23)6-9-16/h5-10,12,18H,2-4,11,13H2,1H3. The molecule has 2 aromatic carbocycles. The highest BCUT2D eigenvalue weighted by Gasteiger charge is 2.39. The van der Waals surface area contributed by atoms with Crippen molar-refractivity contribution < 1.29 is 32.1 Å². The van der Waals surface area contributed by atoms with Crippen LogP contribution < -0.4 is 4.80 Å². The Balaban J connectivity index is 1.74. The highest BCUT2D eigenvalue weighted by atomic mass is 32.2. The SMILES string of the molecule is CCOC(=O)Cn1c(=NC(=O)C2CCCN2S(=O)(=O)c2ccc(F)cc2)sc2cc([N+](=O)[O-])ccc21. The molecule has 1 fully saturated rings. The van der Waals surface area contributed by atoms with E-state index in [2.05, 4.69) is 4.99 Å². The number of sulfonamides is 1. The molecule has 4 rings (SSSR count). The number of hydrogen-bond donors (Lipinski definition) is 0. The molecule has 190 valence electrons. The Morgan fingerprint density at radius 3 is 2.64 bits per heavy atom. The smallest absolute Gasteiger partial charge is 0.326 e. The predicted molar refractivity (Wildman–Crippen MR) is 127 cm³/mol. The van der Waals surface area contributed by atoms with Gasteiger partial charge in [-0.1, -0.05) is 11.3 Å². The molecule has 0 saturated carbocycles. The maximum absolute atomic E-state index is 13.3. The quantitative estimate of drug-likeness (QED) is 0.257. The highest BCUT2D eigenvalue weighted by Crippen LogP contribution is 2.28. The van der Waals surface area contributed by atoms with Crippen molar-refractivity contribution in [1.82, 2.24) is 8.87 Å². The van der Waals surface area contributed by atoms with Gasteiger partial charge in [-0.25, -0.2) is 12.8 Å². The van der Waals surface area contributed by atoms with Crippen LogP contribution in [0.4, 0.5) is 10.1 Å². The first-order valence-electron chi connectivity index (χ1n) is 10.9. The molecule has 0 N–H and O–H groups in total. The van der Waals surface area contributed by atoms with Crippen molar-refractivity contribution in [2.75, 3.05) is 13.2 Å². The van der Waals surface area contributed by atoms with E-state index in [0.717, 1.165) is 39.9 Å². The number of fused-ring (bicyclic) bond motifs is 1. The maximum atomic E-state index is 13.3. The number of benzene rings is 2. The van der Waals surface area contributed by atoms with Gasteiger partial charge in [-0.3, -0.25) is 19.7 Å². The maximum Gasteiger partial charge on any atom is 0.326 e. The molecular weight excluding hydrogens is 515 g/mol. The van der Waals surface area contributed by atoms with E-state index in [1.54, 1.807) is 6.92 Å². The van der Waals surface area contributed by atoms with Crippen molar-refractivity contribution in [1.29, 1.82) is 0 Å². The normalized spacial score (nSPS) is 16.9. The van der Waals surface area contributed by atoms with E-state index in [-0.39, 0.29) is 41.5 Å². The largest absolute Gasteiger partial charge is 0.465 e. The minimum Gasteiger partial charge on any atom is -0.465 e. The van der Waals surface area contributed by atoms with Gasteiger partial charge in [0.2, 0.25) is 10.0 Å². The molecule has 11 nitrogen and oxygen atoms in total. The summed E-state index contributed by atoms with van der Waals surface area (Å²) in [5.74, 6) is -1.92. The number of amides is 1. The molecule has 1 aliphatic heterocycles. The summed E-state index contributed by atoms with van der Waals surface area (Å²) in [6.07, 6.45) is 0.658. The number of hydrogen-bond acceptors (Lipinski definition) is 8. The summed E-state index contributed by atoms with van der Waals surface area (Å²) in [5.41, 5.74) is 0.268. The third-order valence-electron chi connectivity index (χ3n) is 5.58. The number of nitrogens with zero attached hydrogens (tertiary/aromatic N) is 4. The molecule has 0 bridgehead atoms. The fraction of sp³-hybridized carbons (Fsp3) is 0.318.